The first-order valence-corrected chi connectivity index (χ1v) is 23.8. The van der Waals surface area contributed by atoms with Gasteiger partial charge in [-0.1, -0.05) is 6.08 Å². The molecule has 0 aromatic rings. The second-order valence-corrected chi connectivity index (χ2v) is 26.9. The number of hydrogen-bond donors (Lipinski definition) is 3. The highest BCUT2D eigenvalue weighted by atomic mass is 28.5. The number of carbonyl (C=O) groups is 1. The van der Waals surface area contributed by atoms with E-state index in [1.165, 1.54) is 6.08 Å². The molecule has 0 aliphatic carbocycles. The van der Waals surface area contributed by atoms with Crippen molar-refractivity contribution < 1.29 is 37.2 Å². The van der Waals surface area contributed by atoms with Crippen molar-refractivity contribution in [3.63, 3.8) is 0 Å². The van der Waals surface area contributed by atoms with Crippen molar-refractivity contribution in [1.29, 1.82) is 0 Å². The van der Waals surface area contributed by atoms with Gasteiger partial charge in [0.05, 0.1) is 6.61 Å². The van der Waals surface area contributed by atoms with E-state index in [0.717, 1.165) is 18.1 Å². The summed E-state index contributed by atoms with van der Waals surface area (Å²) in [4.78, 5) is 11.8. The van der Waals surface area contributed by atoms with Gasteiger partial charge in [-0.25, -0.2) is 4.79 Å². The molecule has 0 aromatic heterocycles. The Bertz CT molecular complexity index is 544. The van der Waals surface area contributed by atoms with E-state index in [2.05, 4.69) is 39.3 Å². The largest absolute Gasteiger partial charge is 0.469 e. The van der Waals surface area contributed by atoms with E-state index >= 15 is 0 Å². The lowest BCUT2D eigenvalue weighted by atomic mass is 10.5. The molecule has 0 heterocycles. The maximum atomic E-state index is 11.8. The van der Waals surface area contributed by atoms with Crippen LogP contribution in [-0.4, -0.2) is 81.5 Å². The highest BCUT2D eigenvalue weighted by Crippen LogP contribution is 2.34. The Morgan fingerprint density at radius 2 is 1.06 bits per heavy atom. The van der Waals surface area contributed by atoms with E-state index in [1.807, 2.05) is 0 Å². The lowest BCUT2D eigenvalue weighted by Gasteiger charge is -2.45. The number of hydrogen-bond acceptors (Lipinski definition) is 8. The first-order valence-electron chi connectivity index (χ1n) is 12.5. The predicted molar refractivity (Wildman–Crippen MR) is 146 cm³/mol. The van der Waals surface area contributed by atoms with Gasteiger partial charge in [-0.15, -0.1) is 0 Å². The molecular weight excluding hydrogens is 505 g/mol. The molecule has 0 saturated carbocycles. The van der Waals surface area contributed by atoms with Gasteiger partial charge in [-0.2, -0.15) is 0 Å². The molecule has 0 aliphatic heterocycles. The Balaban J connectivity index is 5.99. The fourth-order valence-corrected chi connectivity index (χ4v) is 21.6. The Morgan fingerprint density at radius 3 is 1.38 bits per heavy atom. The minimum atomic E-state index is -3.21. The molecule has 0 atom stereocenters. The van der Waals surface area contributed by atoms with Crippen LogP contribution in [0.3, 0.4) is 0 Å². The molecule has 12 heteroatoms. The molecule has 0 amide bonds. The smallest absolute Gasteiger partial charge is 0.463 e. The van der Waals surface area contributed by atoms with Gasteiger partial charge < -0.3 is 32.4 Å². The van der Waals surface area contributed by atoms with Crippen LogP contribution >= 0.6 is 0 Å². The molecule has 0 radical (unpaired) electrons. The third-order valence-corrected chi connectivity index (χ3v) is 21.3. The summed E-state index contributed by atoms with van der Waals surface area (Å²) in [6.07, 6.45) is 5.62. The van der Waals surface area contributed by atoms with E-state index in [9.17, 15) is 20.1 Å². The van der Waals surface area contributed by atoms with Crippen LogP contribution in [-0.2, 0) is 21.9 Å². The van der Waals surface area contributed by atoms with Crippen LogP contribution in [0, 0.1) is 0 Å². The first-order chi connectivity index (χ1) is 15.8. The Kier molecular flexibility index (Phi) is 16.5. The molecule has 8 nitrogen and oxygen atoms in total. The van der Waals surface area contributed by atoms with Gasteiger partial charge in [0.1, 0.15) is 0 Å². The van der Waals surface area contributed by atoms with Crippen molar-refractivity contribution in [2.45, 2.75) is 96.1 Å². The first kappa shape index (κ1) is 33.8. The van der Waals surface area contributed by atoms with E-state index in [0.29, 0.717) is 31.7 Å². The van der Waals surface area contributed by atoms with Crippen LogP contribution in [0.5, 0.6) is 0 Å². The highest BCUT2D eigenvalue weighted by Gasteiger charge is 2.51. The average molecular weight is 555 g/mol. The molecule has 0 aliphatic rings. The third kappa shape index (κ3) is 15.8. The molecule has 34 heavy (non-hydrogen) atoms. The number of carbonyl (C=O) groups excluding carboxylic acids is 1. The van der Waals surface area contributed by atoms with Crippen molar-refractivity contribution in [1.82, 2.24) is 0 Å². The third-order valence-electron chi connectivity index (χ3n) is 5.28. The van der Waals surface area contributed by atoms with Gasteiger partial charge in [0, 0.05) is 31.9 Å². The fraction of sp³-hybridized carbons (Fsp3) is 0.864. The van der Waals surface area contributed by atoms with Crippen molar-refractivity contribution in [2.24, 2.45) is 0 Å². The van der Waals surface area contributed by atoms with Crippen molar-refractivity contribution in [3.8, 4) is 0 Å². The van der Waals surface area contributed by atoms with Gasteiger partial charge >= 0.3 is 14.8 Å². The lowest BCUT2D eigenvalue weighted by molar-refractivity contribution is -0.137. The van der Waals surface area contributed by atoms with Crippen LogP contribution < -0.4 is 0 Å². The fourth-order valence-electron chi connectivity index (χ4n) is 3.79. The molecule has 3 N–H and O–H groups in total. The molecular formula is C22H50O8Si4. The van der Waals surface area contributed by atoms with Crippen molar-refractivity contribution in [3.05, 3.63) is 12.2 Å². The summed E-state index contributed by atoms with van der Waals surface area (Å²) in [6.45, 7) is 15.2. The van der Waals surface area contributed by atoms with Gasteiger partial charge in [-0.3, -0.25) is 0 Å². The quantitative estimate of drug-likeness (QED) is 0.0886. The minimum Gasteiger partial charge on any atom is -0.463 e. The summed E-state index contributed by atoms with van der Waals surface area (Å²) < 4.78 is 26.1. The number of aliphatic hydroxyl groups is 3. The SMILES string of the molecule is CC=CC(=O)OCCC[Si](O[Si](C)(C)CCCO)(O[Si](C)(C)CCCO)O[Si](C)(C)CCCO. The van der Waals surface area contributed by atoms with E-state index in [1.54, 1.807) is 13.0 Å². The van der Waals surface area contributed by atoms with E-state index in [-0.39, 0.29) is 32.4 Å². The van der Waals surface area contributed by atoms with Crippen LogP contribution in [0.4, 0.5) is 0 Å². The molecule has 0 saturated heterocycles. The summed E-state index contributed by atoms with van der Waals surface area (Å²) in [7, 11) is -9.93. The predicted octanol–water partition coefficient (Wildman–Crippen LogP) is 4.25. The van der Waals surface area contributed by atoms with Crippen molar-refractivity contribution in [2.75, 3.05) is 26.4 Å². The summed E-state index contributed by atoms with van der Waals surface area (Å²) in [5.41, 5.74) is 0. The highest BCUT2D eigenvalue weighted by molar-refractivity contribution is 6.90. The lowest BCUT2D eigenvalue weighted by Crippen LogP contribution is -2.62. The summed E-state index contributed by atoms with van der Waals surface area (Å²) in [5, 5.41) is 28.2. The molecule has 0 spiro atoms. The normalized spacial score (nSPS) is 13.6. The summed E-state index contributed by atoms with van der Waals surface area (Å²) in [6, 6.07) is 2.91. The molecule has 0 rings (SSSR count). The zero-order valence-corrected chi connectivity index (χ0v) is 26.5. The standard InChI is InChI=1S/C22H50O8Si4/c1-8-13-22(26)27-17-12-21-34(28-31(2,3)18-9-14-23,29-32(4,5)19-10-15-24)30-33(6,7)20-11-16-25/h8,13,23-25H,9-12,14-21H2,1-7H3. The summed E-state index contributed by atoms with van der Waals surface area (Å²) >= 11 is 0. The van der Waals surface area contributed by atoms with Crippen LogP contribution in [0.1, 0.15) is 32.6 Å². The number of esters is 1. The molecule has 0 bridgehead atoms. The zero-order chi connectivity index (χ0) is 26.3. The molecule has 202 valence electrons. The Morgan fingerprint density at radius 1 is 0.676 bits per heavy atom. The number of allylic oxidation sites excluding steroid dienone is 1. The van der Waals surface area contributed by atoms with Crippen LogP contribution in [0.2, 0.25) is 63.5 Å². The van der Waals surface area contributed by atoms with E-state index in [4.69, 9.17) is 17.1 Å². The number of rotatable bonds is 20. The number of aliphatic hydroxyl groups excluding tert-OH is 3. The minimum absolute atomic E-state index is 0.116. The number of ether oxygens (including phenoxy) is 1. The zero-order valence-electron chi connectivity index (χ0n) is 22.5. The topological polar surface area (TPSA) is 115 Å². The monoisotopic (exact) mass is 554 g/mol. The molecule has 0 fully saturated rings. The Labute approximate surface area is 211 Å². The van der Waals surface area contributed by atoms with Gasteiger partial charge in [0.15, 0.2) is 25.0 Å². The van der Waals surface area contributed by atoms with Gasteiger partial charge in [0.25, 0.3) is 0 Å². The molecule has 0 unspecified atom stereocenters. The average Bonchev–Trinajstić information content (AvgIpc) is 2.71. The van der Waals surface area contributed by atoms with Gasteiger partial charge in [0.2, 0.25) is 0 Å². The maximum absolute atomic E-state index is 11.8. The second kappa shape index (κ2) is 16.6. The second-order valence-electron chi connectivity index (χ2n) is 10.5. The van der Waals surface area contributed by atoms with Gasteiger partial charge in [-0.05, 0) is 90.0 Å². The summed E-state index contributed by atoms with van der Waals surface area (Å²) in [5.74, 6) is -0.370. The Hall–Kier alpha value is -0.162. The van der Waals surface area contributed by atoms with Crippen LogP contribution in [0.25, 0.3) is 0 Å². The van der Waals surface area contributed by atoms with Crippen molar-refractivity contribution >= 4 is 39.7 Å². The maximum Gasteiger partial charge on any atom is 0.469 e. The molecule has 0 aromatic carbocycles. The van der Waals surface area contributed by atoms with Crippen LogP contribution in [0.15, 0.2) is 12.2 Å². The van der Waals surface area contributed by atoms with E-state index < -0.39 is 33.8 Å².